The number of amides is 1. The molecular formula is C21H26N6O4. The Hall–Kier alpha value is -3.45. The summed E-state index contributed by atoms with van der Waals surface area (Å²) in [4.78, 5) is 32.2. The lowest BCUT2D eigenvalue weighted by molar-refractivity contribution is -0.132. The fraction of sp³-hybridized carbons (Fsp3) is 0.476. The van der Waals surface area contributed by atoms with Gasteiger partial charge in [-0.05, 0) is 26.0 Å². The second-order valence-electron chi connectivity index (χ2n) is 7.33. The molecule has 0 radical (unpaired) electrons. The molecule has 0 unspecified atom stereocenters. The number of aromatic nitrogens is 3. The molecule has 0 aliphatic carbocycles. The standard InChI is InChI=1S/C21H26N6O4/c1-15(31-18-13-24-25-21(29)16(18)2)14-30-10-5-20(28)27-8-6-26(7-9-27)19-4-3-17(11-22)12-23-19/h3-4,12-13,15H,5-10,14H2,1-2H3,(H,25,29)/t15-/m1/s1. The molecule has 1 aliphatic heterocycles. The van der Waals surface area contributed by atoms with Crippen LogP contribution in [0.4, 0.5) is 5.82 Å². The maximum absolute atomic E-state index is 12.4. The van der Waals surface area contributed by atoms with Crippen molar-refractivity contribution >= 4 is 11.7 Å². The number of H-pyrrole nitrogens is 1. The molecule has 1 N–H and O–H groups in total. The SMILES string of the molecule is Cc1c(O[C@H](C)COCCC(=O)N2CCN(c3ccc(C#N)cn3)CC2)cn[nH]c1=O. The summed E-state index contributed by atoms with van der Waals surface area (Å²) in [5.74, 6) is 1.29. The van der Waals surface area contributed by atoms with Crippen LogP contribution in [0.25, 0.3) is 0 Å². The molecule has 3 rings (SSSR count). The summed E-state index contributed by atoms with van der Waals surface area (Å²) >= 11 is 0. The van der Waals surface area contributed by atoms with Crippen LogP contribution >= 0.6 is 0 Å². The van der Waals surface area contributed by atoms with Crippen LogP contribution in [0.15, 0.2) is 29.3 Å². The zero-order valence-corrected chi connectivity index (χ0v) is 17.7. The molecule has 1 saturated heterocycles. The van der Waals surface area contributed by atoms with E-state index in [4.69, 9.17) is 14.7 Å². The molecule has 2 aromatic rings. The second-order valence-corrected chi connectivity index (χ2v) is 7.33. The number of anilines is 1. The van der Waals surface area contributed by atoms with E-state index in [1.807, 2.05) is 17.9 Å². The molecular weight excluding hydrogens is 400 g/mol. The fourth-order valence-electron chi connectivity index (χ4n) is 3.20. The summed E-state index contributed by atoms with van der Waals surface area (Å²) in [6.45, 7) is 6.73. The van der Waals surface area contributed by atoms with Gasteiger partial charge in [0.25, 0.3) is 5.56 Å². The number of ether oxygens (including phenoxy) is 2. The molecule has 10 nitrogen and oxygen atoms in total. The molecule has 31 heavy (non-hydrogen) atoms. The smallest absolute Gasteiger partial charge is 0.270 e. The summed E-state index contributed by atoms with van der Waals surface area (Å²) in [5, 5.41) is 14.9. The third-order valence-electron chi connectivity index (χ3n) is 5.03. The van der Waals surface area contributed by atoms with Crippen molar-refractivity contribution in [2.45, 2.75) is 26.4 Å². The van der Waals surface area contributed by atoms with Crippen molar-refractivity contribution < 1.29 is 14.3 Å². The minimum atomic E-state index is -0.286. The van der Waals surface area contributed by atoms with Gasteiger partial charge in [-0.25, -0.2) is 10.1 Å². The Bertz CT molecular complexity index is 977. The molecule has 0 bridgehead atoms. The largest absolute Gasteiger partial charge is 0.486 e. The van der Waals surface area contributed by atoms with E-state index >= 15 is 0 Å². The topological polar surface area (TPSA) is 124 Å². The van der Waals surface area contributed by atoms with Crippen molar-refractivity contribution in [3.8, 4) is 11.8 Å². The van der Waals surface area contributed by atoms with Gasteiger partial charge < -0.3 is 19.3 Å². The van der Waals surface area contributed by atoms with Crippen LogP contribution in [0.2, 0.25) is 0 Å². The maximum Gasteiger partial charge on any atom is 0.270 e. The monoisotopic (exact) mass is 426 g/mol. The van der Waals surface area contributed by atoms with E-state index in [9.17, 15) is 9.59 Å². The number of carbonyl (C=O) groups excluding carboxylic acids is 1. The quantitative estimate of drug-likeness (QED) is 0.617. The second kappa shape index (κ2) is 10.5. The van der Waals surface area contributed by atoms with Crippen molar-refractivity contribution in [3.63, 3.8) is 0 Å². The number of nitriles is 1. The Balaban J connectivity index is 1.35. The van der Waals surface area contributed by atoms with Crippen LogP contribution in [-0.4, -0.2) is 71.5 Å². The van der Waals surface area contributed by atoms with E-state index in [0.717, 1.165) is 5.82 Å². The van der Waals surface area contributed by atoms with Gasteiger partial charge in [-0.3, -0.25) is 9.59 Å². The Morgan fingerprint density at radius 2 is 2.06 bits per heavy atom. The molecule has 0 aromatic carbocycles. The summed E-state index contributed by atoms with van der Waals surface area (Å²) < 4.78 is 11.3. The molecule has 1 fully saturated rings. The van der Waals surface area contributed by atoms with Crippen LogP contribution in [-0.2, 0) is 9.53 Å². The van der Waals surface area contributed by atoms with Gasteiger partial charge in [0.2, 0.25) is 5.91 Å². The lowest BCUT2D eigenvalue weighted by atomic mass is 10.2. The van der Waals surface area contributed by atoms with Crippen molar-refractivity contribution in [2.24, 2.45) is 0 Å². The molecule has 2 aromatic heterocycles. The number of nitrogens with zero attached hydrogens (tertiary/aromatic N) is 5. The third-order valence-corrected chi connectivity index (χ3v) is 5.03. The Morgan fingerprint density at radius 1 is 1.29 bits per heavy atom. The van der Waals surface area contributed by atoms with Crippen molar-refractivity contribution in [1.29, 1.82) is 5.26 Å². The van der Waals surface area contributed by atoms with E-state index in [1.165, 1.54) is 6.20 Å². The van der Waals surface area contributed by atoms with Crippen LogP contribution in [0.3, 0.4) is 0 Å². The van der Waals surface area contributed by atoms with Gasteiger partial charge in [0, 0.05) is 32.4 Å². The van der Waals surface area contributed by atoms with Gasteiger partial charge >= 0.3 is 0 Å². The Labute approximate surface area is 180 Å². The lowest BCUT2D eigenvalue weighted by Crippen LogP contribution is -2.49. The normalized spacial score (nSPS) is 14.7. The van der Waals surface area contributed by atoms with E-state index in [1.54, 1.807) is 19.2 Å². The summed E-state index contributed by atoms with van der Waals surface area (Å²) in [6, 6.07) is 5.63. The molecule has 0 spiro atoms. The molecule has 1 aliphatic rings. The lowest BCUT2D eigenvalue weighted by Gasteiger charge is -2.35. The first-order valence-electron chi connectivity index (χ1n) is 10.2. The highest BCUT2D eigenvalue weighted by atomic mass is 16.5. The number of hydrogen-bond donors (Lipinski definition) is 1. The highest BCUT2D eigenvalue weighted by Gasteiger charge is 2.21. The van der Waals surface area contributed by atoms with Gasteiger partial charge in [-0.15, -0.1) is 0 Å². The number of aromatic amines is 1. The molecule has 1 amide bonds. The van der Waals surface area contributed by atoms with E-state index in [0.29, 0.717) is 62.7 Å². The van der Waals surface area contributed by atoms with E-state index < -0.39 is 0 Å². The van der Waals surface area contributed by atoms with Gasteiger partial charge in [-0.2, -0.15) is 10.4 Å². The van der Waals surface area contributed by atoms with E-state index in [2.05, 4.69) is 26.2 Å². The van der Waals surface area contributed by atoms with Gasteiger partial charge in [0.05, 0.1) is 37.0 Å². The first kappa shape index (κ1) is 22.2. The number of hydrogen-bond acceptors (Lipinski definition) is 8. The van der Waals surface area contributed by atoms with Crippen LogP contribution in [0.1, 0.15) is 24.5 Å². The average Bonchev–Trinajstić information content (AvgIpc) is 2.80. The third kappa shape index (κ3) is 6.02. The number of nitrogens with one attached hydrogen (secondary N) is 1. The zero-order valence-electron chi connectivity index (χ0n) is 17.7. The predicted octanol–water partition coefficient (Wildman–Crippen LogP) is 0.868. The molecule has 1 atom stereocenters. The molecule has 10 heteroatoms. The van der Waals surface area contributed by atoms with Crippen LogP contribution < -0.4 is 15.2 Å². The van der Waals surface area contributed by atoms with Gasteiger partial charge in [0.15, 0.2) is 0 Å². The molecule has 3 heterocycles. The summed E-state index contributed by atoms with van der Waals surface area (Å²) in [7, 11) is 0. The first-order chi connectivity index (χ1) is 15.0. The Kier molecular flexibility index (Phi) is 7.56. The van der Waals surface area contributed by atoms with Crippen molar-refractivity contribution in [3.05, 3.63) is 46.0 Å². The van der Waals surface area contributed by atoms with Gasteiger partial charge in [0.1, 0.15) is 23.7 Å². The van der Waals surface area contributed by atoms with Crippen molar-refractivity contribution in [2.75, 3.05) is 44.3 Å². The van der Waals surface area contributed by atoms with Crippen LogP contribution in [0, 0.1) is 18.3 Å². The van der Waals surface area contributed by atoms with Crippen molar-refractivity contribution in [1.82, 2.24) is 20.1 Å². The fourth-order valence-corrected chi connectivity index (χ4v) is 3.20. The first-order valence-corrected chi connectivity index (χ1v) is 10.2. The summed E-state index contributed by atoms with van der Waals surface area (Å²) in [6.07, 6.45) is 3.04. The van der Waals surface area contributed by atoms with Crippen LogP contribution in [0.5, 0.6) is 5.75 Å². The number of pyridine rings is 1. The Morgan fingerprint density at radius 3 is 2.74 bits per heavy atom. The minimum absolute atomic E-state index is 0.0515. The molecule has 0 saturated carbocycles. The minimum Gasteiger partial charge on any atom is -0.486 e. The van der Waals surface area contributed by atoms with Gasteiger partial charge in [-0.1, -0.05) is 0 Å². The average molecular weight is 426 g/mol. The summed E-state index contributed by atoms with van der Waals surface area (Å²) in [5.41, 5.74) is 0.708. The maximum atomic E-state index is 12.4. The molecule has 164 valence electrons. The zero-order chi connectivity index (χ0) is 22.2. The number of rotatable bonds is 8. The van der Waals surface area contributed by atoms with E-state index in [-0.39, 0.29) is 17.6 Å². The number of carbonyl (C=O) groups is 1. The highest BCUT2D eigenvalue weighted by Crippen LogP contribution is 2.15. The number of piperazine rings is 1. The highest BCUT2D eigenvalue weighted by molar-refractivity contribution is 5.76. The predicted molar refractivity (Wildman–Crippen MR) is 113 cm³/mol.